The van der Waals surface area contributed by atoms with Gasteiger partial charge >= 0.3 is 0 Å². The zero-order valence-corrected chi connectivity index (χ0v) is 17.3. The number of fused-ring (bicyclic) bond motifs is 1. The summed E-state index contributed by atoms with van der Waals surface area (Å²) in [5, 5.41) is 12.1. The van der Waals surface area contributed by atoms with Crippen LogP contribution in [0.3, 0.4) is 0 Å². The molecule has 3 aliphatic heterocycles. The molecule has 3 amide bonds. The zero-order valence-electron chi connectivity index (χ0n) is 16.4. The third-order valence-corrected chi connectivity index (χ3v) is 6.85. The van der Waals surface area contributed by atoms with E-state index in [-0.39, 0.29) is 24.1 Å². The van der Waals surface area contributed by atoms with Gasteiger partial charge in [-0.25, -0.2) is 4.98 Å². The van der Waals surface area contributed by atoms with Gasteiger partial charge in [-0.2, -0.15) is 0 Å². The highest BCUT2D eigenvalue weighted by Crippen LogP contribution is 2.29. The lowest BCUT2D eigenvalue weighted by atomic mass is 10.0. The molecule has 2 atom stereocenters. The molecule has 2 fully saturated rings. The van der Waals surface area contributed by atoms with Crippen LogP contribution in [-0.4, -0.2) is 46.7 Å². The van der Waals surface area contributed by atoms with E-state index < -0.39 is 6.04 Å². The number of carbonyl (C=O) groups is 3. The molecular weight excluding hydrogens is 402 g/mol. The second-order valence-electron chi connectivity index (χ2n) is 8.01. The molecule has 8 nitrogen and oxygen atoms in total. The molecule has 0 radical (unpaired) electrons. The Morgan fingerprint density at radius 2 is 2.13 bits per heavy atom. The van der Waals surface area contributed by atoms with E-state index in [0.717, 1.165) is 41.5 Å². The van der Waals surface area contributed by atoms with Crippen molar-refractivity contribution in [2.45, 2.75) is 44.3 Å². The van der Waals surface area contributed by atoms with Crippen LogP contribution < -0.4 is 16.0 Å². The van der Waals surface area contributed by atoms with E-state index in [1.165, 1.54) is 0 Å². The summed E-state index contributed by atoms with van der Waals surface area (Å²) < 4.78 is 0. The van der Waals surface area contributed by atoms with E-state index in [9.17, 15) is 14.4 Å². The number of anilines is 1. The largest absolute Gasteiger partial charge is 0.357 e. The van der Waals surface area contributed by atoms with Crippen LogP contribution in [0.5, 0.6) is 0 Å². The molecule has 5 rings (SSSR count). The summed E-state index contributed by atoms with van der Waals surface area (Å²) >= 11 is 1.62. The van der Waals surface area contributed by atoms with Gasteiger partial charge in [0.2, 0.25) is 11.8 Å². The van der Waals surface area contributed by atoms with Gasteiger partial charge in [0.05, 0.1) is 5.69 Å². The number of carbonyl (C=O) groups excluding carboxylic acids is 3. The average molecular weight is 426 g/mol. The molecular formula is C21H23N5O3S. The monoisotopic (exact) mass is 425 g/mol. The van der Waals surface area contributed by atoms with Crippen LogP contribution in [0.25, 0.3) is 0 Å². The van der Waals surface area contributed by atoms with Crippen molar-refractivity contribution < 1.29 is 14.4 Å². The maximum absolute atomic E-state index is 12.8. The van der Waals surface area contributed by atoms with Crippen LogP contribution >= 0.6 is 11.3 Å². The summed E-state index contributed by atoms with van der Waals surface area (Å²) in [6.45, 7) is 3.06. The molecule has 2 aromatic rings. The summed E-state index contributed by atoms with van der Waals surface area (Å²) in [5.41, 5.74) is 3.76. The van der Waals surface area contributed by atoms with Crippen molar-refractivity contribution in [3.8, 4) is 0 Å². The summed E-state index contributed by atoms with van der Waals surface area (Å²) in [6, 6.07) is 5.20. The maximum Gasteiger partial charge on any atom is 0.255 e. The van der Waals surface area contributed by atoms with Gasteiger partial charge in [-0.05, 0) is 36.6 Å². The topological polar surface area (TPSA) is 103 Å². The number of hydrogen-bond acceptors (Lipinski definition) is 7. The molecule has 30 heavy (non-hydrogen) atoms. The van der Waals surface area contributed by atoms with Gasteiger partial charge < -0.3 is 15.5 Å². The van der Waals surface area contributed by atoms with E-state index >= 15 is 0 Å². The Morgan fingerprint density at radius 1 is 1.23 bits per heavy atom. The summed E-state index contributed by atoms with van der Waals surface area (Å²) in [4.78, 5) is 42.6. The lowest BCUT2D eigenvalue weighted by Gasteiger charge is -2.29. The Labute approximate surface area is 178 Å². The molecule has 4 heterocycles. The molecule has 0 saturated carbocycles. The summed E-state index contributed by atoms with van der Waals surface area (Å²) in [5.74, 6) is -0.301. The van der Waals surface area contributed by atoms with Gasteiger partial charge in [-0.1, -0.05) is 12.1 Å². The third-order valence-electron chi connectivity index (χ3n) is 6.03. The van der Waals surface area contributed by atoms with Crippen molar-refractivity contribution >= 4 is 34.2 Å². The van der Waals surface area contributed by atoms with Crippen molar-refractivity contribution in [1.82, 2.24) is 20.5 Å². The predicted molar refractivity (Wildman–Crippen MR) is 112 cm³/mol. The second-order valence-corrected chi connectivity index (χ2v) is 8.87. The Morgan fingerprint density at radius 3 is 2.93 bits per heavy atom. The van der Waals surface area contributed by atoms with Gasteiger partial charge in [0, 0.05) is 42.9 Å². The minimum absolute atomic E-state index is 0.145. The molecule has 3 N–H and O–H groups in total. The highest BCUT2D eigenvalue weighted by Gasteiger charge is 2.39. The second kappa shape index (κ2) is 7.81. The van der Waals surface area contributed by atoms with Gasteiger partial charge in [0.15, 0.2) is 5.13 Å². The Bertz CT molecular complexity index is 1010. The Balaban J connectivity index is 1.24. The Hall–Kier alpha value is -2.78. The number of imide groups is 1. The van der Waals surface area contributed by atoms with Crippen LogP contribution in [0.1, 0.15) is 52.4 Å². The van der Waals surface area contributed by atoms with Crippen molar-refractivity contribution in [3.05, 3.63) is 46.0 Å². The van der Waals surface area contributed by atoms with Crippen molar-refractivity contribution in [1.29, 1.82) is 0 Å². The number of thiazole rings is 1. The number of piperidine rings is 1. The normalized spacial score (nSPS) is 23.6. The highest BCUT2D eigenvalue weighted by atomic mass is 32.1. The lowest BCUT2D eigenvalue weighted by molar-refractivity contribution is -0.136. The van der Waals surface area contributed by atoms with E-state index in [1.54, 1.807) is 16.2 Å². The molecule has 0 bridgehead atoms. The zero-order chi connectivity index (χ0) is 20.7. The SMILES string of the molecule is O=C1CCC(N2Cc3cc(CNc4nc(C5CCNC5)cs4)ccc3C2=O)C(=O)N1. The summed E-state index contributed by atoms with van der Waals surface area (Å²) in [7, 11) is 0. The minimum atomic E-state index is -0.581. The van der Waals surface area contributed by atoms with Crippen molar-refractivity contribution in [2.75, 3.05) is 18.4 Å². The first-order chi connectivity index (χ1) is 14.6. The molecule has 3 aliphatic rings. The van der Waals surface area contributed by atoms with Crippen LogP contribution in [0.15, 0.2) is 23.6 Å². The standard InChI is InChI=1S/C21H23N5O3S/c27-18-4-3-17(19(28)25-18)26-10-14-7-12(1-2-15(14)20(26)29)8-23-21-24-16(11-30-21)13-5-6-22-9-13/h1-2,7,11,13,17,22H,3-6,8-10H2,(H,23,24)(H,25,27,28). The van der Waals surface area contributed by atoms with Crippen LogP contribution in [-0.2, 0) is 22.7 Å². The lowest BCUT2D eigenvalue weighted by Crippen LogP contribution is -2.52. The molecule has 2 unspecified atom stereocenters. The van der Waals surface area contributed by atoms with Crippen LogP contribution in [0, 0.1) is 0 Å². The predicted octanol–water partition coefficient (Wildman–Crippen LogP) is 1.59. The van der Waals surface area contributed by atoms with E-state index in [2.05, 4.69) is 21.3 Å². The first-order valence-electron chi connectivity index (χ1n) is 10.2. The van der Waals surface area contributed by atoms with Gasteiger partial charge in [-0.15, -0.1) is 11.3 Å². The Kier molecular flexibility index (Phi) is 5.00. The number of aromatic nitrogens is 1. The molecule has 0 aliphatic carbocycles. The molecule has 1 aromatic heterocycles. The van der Waals surface area contributed by atoms with Crippen LogP contribution in [0.2, 0.25) is 0 Å². The van der Waals surface area contributed by atoms with E-state index in [1.807, 2.05) is 18.2 Å². The maximum atomic E-state index is 12.8. The van der Waals surface area contributed by atoms with Crippen molar-refractivity contribution in [2.24, 2.45) is 0 Å². The van der Waals surface area contributed by atoms with Gasteiger partial charge in [0.25, 0.3) is 5.91 Å². The fraction of sp³-hybridized carbons (Fsp3) is 0.429. The first kappa shape index (κ1) is 19.2. The van der Waals surface area contributed by atoms with E-state index in [4.69, 9.17) is 4.98 Å². The van der Waals surface area contributed by atoms with E-state index in [0.29, 0.717) is 31.0 Å². The van der Waals surface area contributed by atoms with Crippen LogP contribution in [0.4, 0.5) is 5.13 Å². The average Bonchev–Trinajstić information content (AvgIpc) is 3.47. The smallest absolute Gasteiger partial charge is 0.255 e. The molecule has 1 aromatic carbocycles. The number of amides is 3. The van der Waals surface area contributed by atoms with Gasteiger partial charge in [-0.3, -0.25) is 19.7 Å². The highest BCUT2D eigenvalue weighted by molar-refractivity contribution is 7.13. The first-order valence-corrected chi connectivity index (χ1v) is 11.1. The number of hydrogen-bond donors (Lipinski definition) is 3. The third kappa shape index (κ3) is 3.59. The summed E-state index contributed by atoms with van der Waals surface area (Å²) in [6.07, 6.45) is 1.77. The minimum Gasteiger partial charge on any atom is -0.357 e. The molecule has 9 heteroatoms. The number of rotatable bonds is 5. The number of nitrogens with one attached hydrogen (secondary N) is 3. The number of nitrogens with zero attached hydrogens (tertiary/aromatic N) is 2. The quantitative estimate of drug-likeness (QED) is 0.629. The fourth-order valence-corrected chi connectivity index (χ4v) is 5.17. The van der Waals surface area contributed by atoms with Crippen molar-refractivity contribution in [3.63, 3.8) is 0 Å². The molecule has 2 saturated heterocycles. The van der Waals surface area contributed by atoms with Gasteiger partial charge in [0.1, 0.15) is 6.04 Å². The fourth-order valence-electron chi connectivity index (χ4n) is 4.38. The molecule has 156 valence electrons. The molecule has 0 spiro atoms. The number of benzene rings is 1.